The average Bonchev–Trinajstić information content (AvgIpc) is 3.25. The van der Waals surface area contributed by atoms with Gasteiger partial charge < -0.3 is 9.47 Å². The molecule has 9 aromatic carbocycles. The van der Waals surface area contributed by atoms with Gasteiger partial charge in [-0.05, 0) is 117 Å². The van der Waals surface area contributed by atoms with E-state index >= 15 is 0 Å². The van der Waals surface area contributed by atoms with Crippen molar-refractivity contribution in [2.24, 2.45) is 0 Å². The highest BCUT2D eigenvalue weighted by atomic mass is 16.1. The molecule has 0 radical (unpaired) electrons. The molecule has 10 aromatic rings. The molecule has 0 aliphatic heterocycles. The molecule has 0 spiro atoms. The second-order valence-corrected chi connectivity index (χ2v) is 13.7. The summed E-state index contributed by atoms with van der Waals surface area (Å²) in [5, 5.41) is 6.38. The SMILES string of the molecule is O=c1c2ccccc2n(-c2cccc(-c3ccc(N(c4ccc(-c5ccccc5)cc4)c4ccc5c(ccc6ccccc65)c4)cc3)c2)c2ccccc12. The van der Waals surface area contributed by atoms with E-state index in [1.54, 1.807) is 0 Å². The van der Waals surface area contributed by atoms with Crippen molar-refractivity contribution in [2.45, 2.75) is 0 Å². The number of hydrogen-bond acceptors (Lipinski definition) is 2. The van der Waals surface area contributed by atoms with Crippen LogP contribution in [0.4, 0.5) is 17.1 Å². The number of para-hydroxylation sites is 2. The van der Waals surface area contributed by atoms with Crippen LogP contribution in [0.3, 0.4) is 0 Å². The van der Waals surface area contributed by atoms with E-state index in [9.17, 15) is 4.79 Å². The van der Waals surface area contributed by atoms with Crippen molar-refractivity contribution in [3.05, 3.63) is 216 Å². The number of hydrogen-bond donors (Lipinski definition) is 0. The zero-order chi connectivity index (χ0) is 36.0. The van der Waals surface area contributed by atoms with Crippen molar-refractivity contribution in [3.63, 3.8) is 0 Å². The molecule has 0 amide bonds. The molecule has 10 rings (SSSR count). The Morgan fingerprint density at radius 3 is 1.52 bits per heavy atom. The first-order valence-electron chi connectivity index (χ1n) is 18.3. The van der Waals surface area contributed by atoms with Crippen LogP contribution >= 0.6 is 0 Å². The Balaban J connectivity index is 1.07. The first-order valence-corrected chi connectivity index (χ1v) is 18.3. The normalized spacial score (nSPS) is 11.4. The topological polar surface area (TPSA) is 25.2 Å². The van der Waals surface area contributed by atoms with Crippen LogP contribution in [0.15, 0.2) is 211 Å². The van der Waals surface area contributed by atoms with Crippen LogP contribution < -0.4 is 10.3 Å². The predicted molar refractivity (Wildman–Crippen MR) is 228 cm³/mol. The minimum Gasteiger partial charge on any atom is -0.310 e. The largest absolute Gasteiger partial charge is 0.310 e. The number of rotatable bonds is 6. The van der Waals surface area contributed by atoms with Crippen LogP contribution in [0.5, 0.6) is 0 Å². The van der Waals surface area contributed by atoms with Gasteiger partial charge in [-0.1, -0.05) is 133 Å². The Kier molecular flexibility index (Phi) is 7.63. The Bertz CT molecular complexity index is 2990. The quantitative estimate of drug-likeness (QED) is 0.128. The van der Waals surface area contributed by atoms with Crippen molar-refractivity contribution in [3.8, 4) is 27.9 Å². The van der Waals surface area contributed by atoms with E-state index in [-0.39, 0.29) is 5.43 Å². The predicted octanol–water partition coefficient (Wildman–Crippen LogP) is 13.3. The van der Waals surface area contributed by atoms with Gasteiger partial charge in [0.1, 0.15) is 0 Å². The average molecular weight is 691 g/mol. The van der Waals surface area contributed by atoms with Crippen molar-refractivity contribution in [1.82, 2.24) is 4.57 Å². The first kappa shape index (κ1) is 31.5. The molecule has 0 atom stereocenters. The fraction of sp³-hybridized carbons (Fsp3) is 0. The highest BCUT2D eigenvalue weighted by molar-refractivity contribution is 6.08. The zero-order valence-electron chi connectivity index (χ0n) is 29.4. The lowest BCUT2D eigenvalue weighted by Gasteiger charge is -2.26. The lowest BCUT2D eigenvalue weighted by atomic mass is 10.0. The van der Waals surface area contributed by atoms with E-state index in [0.29, 0.717) is 10.8 Å². The maximum Gasteiger partial charge on any atom is 0.197 e. The molecule has 0 bridgehead atoms. The molecule has 0 N–H and O–H groups in total. The van der Waals surface area contributed by atoms with Gasteiger partial charge in [0.05, 0.1) is 11.0 Å². The molecular formula is C51H34N2O. The second-order valence-electron chi connectivity index (χ2n) is 13.7. The third-order valence-corrected chi connectivity index (χ3v) is 10.6. The number of fused-ring (bicyclic) bond motifs is 5. The lowest BCUT2D eigenvalue weighted by molar-refractivity contribution is 1.16. The molecule has 0 aliphatic carbocycles. The molecular weight excluding hydrogens is 657 g/mol. The van der Waals surface area contributed by atoms with Gasteiger partial charge >= 0.3 is 0 Å². The Morgan fingerprint density at radius 2 is 0.833 bits per heavy atom. The van der Waals surface area contributed by atoms with Gasteiger partial charge in [0, 0.05) is 33.5 Å². The number of pyridine rings is 1. The number of aromatic nitrogens is 1. The van der Waals surface area contributed by atoms with Crippen LogP contribution in [0.25, 0.3) is 71.3 Å². The molecule has 0 saturated carbocycles. The standard InChI is InChI=1S/C51H34N2O/c54-51-47-17-6-8-19-49(47)53(50-20-9-7-18-48(50)51)43-15-10-14-39(33-43)37-25-29-42(30-26-37)52(41-27-23-36(24-28-41)35-11-2-1-3-12-35)44-31-32-46-40(34-44)22-21-38-13-4-5-16-45(38)46/h1-34H. The molecule has 0 fully saturated rings. The van der Waals surface area contributed by atoms with Gasteiger partial charge in [0.25, 0.3) is 0 Å². The summed E-state index contributed by atoms with van der Waals surface area (Å²) in [6.07, 6.45) is 0. The van der Waals surface area contributed by atoms with Crippen LogP contribution in [0.1, 0.15) is 0 Å². The summed E-state index contributed by atoms with van der Waals surface area (Å²) < 4.78 is 2.20. The Hall–Kier alpha value is -7.23. The summed E-state index contributed by atoms with van der Waals surface area (Å²) in [6.45, 7) is 0. The molecule has 1 heterocycles. The summed E-state index contributed by atoms with van der Waals surface area (Å²) in [5.74, 6) is 0. The number of nitrogens with zero attached hydrogens (tertiary/aromatic N) is 2. The highest BCUT2D eigenvalue weighted by Crippen LogP contribution is 2.39. The highest BCUT2D eigenvalue weighted by Gasteiger charge is 2.16. The van der Waals surface area contributed by atoms with Gasteiger partial charge in [-0.25, -0.2) is 0 Å². The number of benzene rings is 9. The Labute approximate surface area is 313 Å². The fourth-order valence-electron chi connectivity index (χ4n) is 7.92. The third kappa shape index (κ3) is 5.42. The van der Waals surface area contributed by atoms with Gasteiger partial charge in [0.2, 0.25) is 0 Å². The van der Waals surface area contributed by atoms with E-state index < -0.39 is 0 Å². The van der Waals surface area contributed by atoms with Crippen LogP contribution in [-0.4, -0.2) is 4.57 Å². The maximum absolute atomic E-state index is 13.4. The van der Waals surface area contributed by atoms with Crippen molar-refractivity contribution < 1.29 is 0 Å². The maximum atomic E-state index is 13.4. The van der Waals surface area contributed by atoms with E-state index in [1.165, 1.54) is 32.7 Å². The van der Waals surface area contributed by atoms with E-state index in [4.69, 9.17) is 0 Å². The van der Waals surface area contributed by atoms with Crippen molar-refractivity contribution in [1.29, 1.82) is 0 Å². The van der Waals surface area contributed by atoms with Crippen LogP contribution in [-0.2, 0) is 0 Å². The van der Waals surface area contributed by atoms with Gasteiger partial charge in [-0.15, -0.1) is 0 Å². The van der Waals surface area contributed by atoms with Gasteiger partial charge in [-0.3, -0.25) is 4.79 Å². The molecule has 54 heavy (non-hydrogen) atoms. The molecule has 0 unspecified atom stereocenters. The van der Waals surface area contributed by atoms with Crippen LogP contribution in [0, 0.1) is 0 Å². The monoisotopic (exact) mass is 690 g/mol. The summed E-state index contributed by atoms with van der Waals surface area (Å²) in [5.41, 5.74) is 10.7. The van der Waals surface area contributed by atoms with Gasteiger partial charge in [-0.2, -0.15) is 0 Å². The summed E-state index contributed by atoms with van der Waals surface area (Å²) in [7, 11) is 0. The fourth-order valence-corrected chi connectivity index (χ4v) is 7.92. The molecule has 254 valence electrons. The number of anilines is 3. The van der Waals surface area contributed by atoms with Crippen LogP contribution in [0.2, 0.25) is 0 Å². The molecule has 3 heteroatoms. The summed E-state index contributed by atoms with van der Waals surface area (Å²) in [6, 6.07) is 72.3. The van der Waals surface area contributed by atoms with Crippen molar-refractivity contribution in [2.75, 3.05) is 4.90 Å². The summed E-state index contributed by atoms with van der Waals surface area (Å²) in [4.78, 5) is 15.8. The molecule has 1 aromatic heterocycles. The smallest absolute Gasteiger partial charge is 0.197 e. The van der Waals surface area contributed by atoms with E-state index in [2.05, 4.69) is 167 Å². The van der Waals surface area contributed by atoms with Crippen molar-refractivity contribution >= 4 is 60.4 Å². The third-order valence-electron chi connectivity index (χ3n) is 10.6. The molecule has 0 aliphatic rings. The molecule has 0 saturated heterocycles. The molecule has 3 nitrogen and oxygen atoms in total. The first-order chi connectivity index (χ1) is 26.7. The second kappa shape index (κ2) is 13.1. The Morgan fingerprint density at radius 1 is 0.333 bits per heavy atom. The summed E-state index contributed by atoms with van der Waals surface area (Å²) >= 11 is 0. The minimum atomic E-state index is 0.0585. The van der Waals surface area contributed by atoms with E-state index in [0.717, 1.165) is 44.9 Å². The minimum absolute atomic E-state index is 0.0585. The zero-order valence-corrected chi connectivity index (χ0v) is 29.4. The van der Waals surface area contributed by atoms with Gasteiger partial charge in [0.15, 0.2) is 5.43 Å². The lowest BCUT2D eigenvalue weighted by Crippen LogP contribution is -2.10. The van der Waals surface area contributed by atoms with E-state index in [1.807, 2.05) is 48.5 Å².